The average molecular weight is 192 g/mol. The van der Waals surface area contributed by atoms with Gasteiger partial charge < -0.3 is 5.73 Å². The van der Waals surface area contributed by atoms with Gasteiger partial charge in [0.2, 0.25) is 5.95 Å². The summed E-state index contributed by atoms with van der Waals surface area (Å²) in [6.45, 7) is 6.49. The molecule has 0 aliphatic heterocycles. The first-order chi connectivity index (χ1) is 5.97. The molecule has 0 amide bonds. The lowest BCUT2D eigenvalue weighted by molar-refractivity contribution is 0.970. The Labute approximate surface area is 78.6 Å². The minimum Gasteiger partial charge on any atom is -0.366 e. The summed E-state index contributed by atoms with van der Waals surface area (Å²) in [5.41, 5.74) is 9.03. The molecule has 2 N–H and O–H groups in total. The standard InChI is InChI=1S/C8H12N4Si/c1-13(2,3)5-4-7-6-10-8(9)12-11-7/h6H,1-3H3,(H2,9,10,12). The molecule has 1 heterocycles. The highest BCUT2D eigenvalue weighted by molar-refractivity contribution is 6.83. The van der Waals surface area contributed by atoms with E-state index in [1.807, 2.05) is 0 Å². The fourth-order valence-corrected chi connectivity index (χ4v) is 1.10. The van der Waals surface area contributed by atoms with Crippen LogP contribution in [0.25, 0.3) is 0 Å². The highest BCUT2D eigenvalue weighted by Crippen LogP contribution is 1.97. The van der Waals surface area contributed by atoms with Crippen LogP contribution >= 0.6 is 0 Å². The zero-order chi connectivity index (χ0) is 9.90. The summed E-state index contributed by atoms with van der Waals surface area (Å²) in [5, 5.41) is 7.40. The number of anilines is 1. The van der Waals surface area contributed by atoms with Crippen LogP contribution in [-0.4, -0.2) is 23.3 Å². The van der Waals surface area contributed by atoms with Crippen molar-refractivity contribution in [1.82, 2.24) is 15.2 Å². The maximum absolute atomic E-state index is 5.28. The summed E-state index contributed by atoms with van der Waals surface area (Å²) in [4.78, 5) is 3.80. The molecule has 1 aromatic rings. The molecule has 0 saturated heterocycles. The number of hydrogen-bond acceptors (Lipinski definition) is 4. The van der Waals surface area contributed by atoms with Crippen molar-refractivity contribution >= 4 is 14.0 Å². The Hall–Kier alpha value is -1.41. The SMILES string of the molecule is C[Si](C)(C)C#Cc1cnc(N)nn1. The Bertz CT molecular complexity index is 341. The minimum absolute atomic E-state index is 0.179. The summed E-state index contributed by atoms with van der Waals surface area (Å²) >= 11 is 0. The van der Waals surface area contributed by atoms with Crippen LogP contribution in [0.4, 0.5) is 5.95 Å². The van der Waals surface area contributed by atoms with Crippen molar-refractivity contribution in [2.75, 3.05) is 5.73 Å². The third kappa shape index (κ3) is 3.67. The monoisotopic (exact) mass is 192 g/mol. The van der Waals surface area contributed by atoms with Gasteiger partial charge in [0.1, 0.15) is 8.07 Å². The molecule has 0 saturated carbocycles. The first-order valence-electron chi connectivity index (χ1n) is 3.96. The third-order valence-corrected chi connectivity index (χ3v) is 2.02. The second-order valence-electron chi connectivity index (χ2n) is 3.70. The van der Waals surface area contributed by atoms with Gasteiger partial charge in [0.05, 0.1) is 6.20 Å². The van der Waals surface area contributed by atoms with Gasteiger partial charge in [0.25, 0.3) is 0 Å². The van der Waals surface area contributed by atoms with E-state index < -0.39 is 8.07 Å². The van der Waals surface area contributed by atoms with Gasteiger partial charge in [-0.05, 0) is 0 Å². The van der Waals surface area contributed by atoms with E-state index in [2.05, 4.69) is 46.3 Å². The van der Waals surface area contributed by atoms with E-state index in [1.165, 1.54) is 6.20 Å². The normalized spacial score (nSPS) is 10.4. The zero-order valence-electron chi connectivity index (χ0n) is 8.00. The van der Waals surface area contributed by atoms with Crippen molar-refractivity contribution in [3.8, 4) is 11.5 Å². The lowest BCUT2D eigenvalue weighted by atomic mass is 10.5. The molecule has 0 atom stereocenters. The molecule has 0 aliphatic carbocycles. The molecule has 1 aromatic heterocycles. The molecule has 68 valence electrons. The Morgan fingerprint density at radius 3 is 2.46 bits per heavy atom. The number of aromatic nitrogens is 3. The predicted octanol–water partition coefficient (Wildman–Crippen LogP) is 0.683. The van der Waals surface area contributed by atoms with Crippen LogP contribution in [0.1, 0.15) is 5.69 Å². The highest BCUT2D eigenvalue weighted by atomic mass is 28.3. The fourth-order valence-electron chi connectivity index (χ4n) is 0.593. The smallest absolute Gasteiger partial charge is 0.240 e. The lowest BCUT2D eigenvalue weighted by Crippen LogP contribution is -2.16. The summed E-state index contributed by atoms with van der Waals surface area (Å²) in [5.74, 6) is 3.11. The molecule has 13 heavy (non-hydrogen) atoms. The van der Waals surface area contributed by atoms with E-state index in [0.717, 1.165) is 0 Å². The summed E-state index contributed by atoms with van der Waals surface area (Å²) < 4.78 is 0. The number of hydrogen-bond donors (Lipinski definition) is 1. The van der Waals surface area contributed by atoms with Crippen LogP contribution in [0.15, 0.2) is 6.20 Å². The maximum Gasteiger partial charge on any atom is 0.240 e. The van der Waals surface area contributed by atoms with Crippen LogP contribution in [0.2, 0.25) is 19.6 Å². The fraction of sp³-hybridized carbons (Fsp3) is 0.375. The van der Waals surface area contributed by atoms with Crippen molar-refractivity contribution in [3.05, 3.63) is 11.9 Å². The van der Waals surface area contributed by atoms with Crippen molar-refractivity contribution in [3.63, 3.8) is 0 Å². The molecule has 4 nitrogen and oxygen atoms in total. The van der Waals surface area contributed by atoms with Crippen molar-refractivity contribution < 1.29 is 0 Å². The van der Waals surface area contributed by atoms with Crippen molar-refractivity contribution in [2.45, 2.75) is 19.6 Å². The molecule has 5 heteroatoms. The van der Waals surface area contributed by atoms with E-state index >= 15 is 0 Å². The average Bonchev–Trinajstić information content (AvgIpc) is 2.02. The van der Waals surface area contributed by atoms with Gasteiger partial charge in [-0.3, -0.25) is 0 Å². The van der Waals surface area contributed by atoms with E-state index in [0.29, 0.717) is 5.69 Å². The van der Waals surface area contributed by atoms with Gasteiger partial charge in [-0.2, -0.15) is 0 Å². The molecule has 0 fully saturated rings. The second-order valence-corrected chi connectivity index (χ2v) is 8.45. The zero-order valence-corrected chi connectivity index (χ0v) is 9.00. The third-order valence-electron chi connectivity index (χ3n) is 1.14. The summed E-state index contributed by atoms with van der Waals surface area (Å²) in [6.07, 6.45) is 1.54. The number of nitrogens with two attached hydrogens (primary N) is 1. The summed E-state index contributed by atoms with van der Waals surface area (Å²) in [7, 11) is -1.34. The van der Waals surface area contributed by atoms with E-state index in [4.69, 9.17) is 5.73 Å². The maximum atomic E-state index is 5.28. The first-order valence-corrected chi connectivity index (χ1v) is 7.46. The molecular formula is C8H12N4Si. The molecule has 0 aromatic carbocycles. The van der Waals surface area contributed by atoms with Crippen LogP contribution in [0.5, 0.6) is 0 Å². The number of rotatable bonds is 0. The predicted molar refractivity (Wildman–Crippen MR) is 54.5 cm³/mol. The topological polar surface area (TPSA) is 64.7 Å². The molecule has 0 radical (unpaired) electrons. The van der Waals surface area contributed by atoms with Crippen LogP contribution in [0.3, 0.4) is 0 Å². The molecule has 1 rings (SSSR count). The van der Waals surface area contributed by atoms with Gasteiger partial charge in [-0.25, -0.2) is 4.98 Å². The Kier molecular flexibility index (Phi) is 2.63. The van der Waals surface area contributed by atoms with Crippen molar-refractivity contribution in [1.29, 1.82) is 0 Å². The van der Waals surface area contributed by atoms with Crippen LogP contribution < -0.4 is 5.73 Å². The molecule has 0 unspecified atom stereocenters. The van der Waals surface area contributed by atoms with Gasteiger partial charge in [-0.15, -0.1) is 15.7 Å². The largest absolute Gasteiger partial charge is 0.366 e. The molecule has 0 spiro atoms. The highest BCUT2D eigenvalue weighted by Gasteiger charge is 2.07. The van der Waals surface area contributed by atoms with E-state index in [9.17, 15) is 0 Å². The second kappa shape index (κ2) is 3.54. The van der Waals surface area contributed by atoms with Crippen LogP contribution in [0, 0.1) is 11.5 Å². The Balaban J connectivity index is 2.85. The Morgan fingerprint density at radius 2 is 2.00 bits per heavy atom. The molecule has 0 aliphatic rings. The number of nitrogen functional groups attached to an aromatic ring is 1. The quantitative estimate of drug-likeness (QED) is 0.485. The van der Waals surface area contributed by atoms with Gasteiger partial charge in [-0.1, -0.05) is 25.6 Å². The van der Waals surface area contributed by atoms with Gasteiger partial charge in [0.15, 0.2) is 5.69 Å². The van der Waals surface area contributed by atoms with Gasteiger partial charge >= 0.3 is 0 Å². The van der Waals surface area contributed by atoms with Gasteiger partial charge in [0, 0.05) is 0 Å². The first kappa shape index (κ1) is 9.67. The Morgan fingerprint density at radius 1 is 1.31 bits per heavy atom. The van der Waals surface area contributed by atoms with E-state index in [-0.39, 0.29) is 5.95 Å². The van der Waals surface area contributed by atoms with E-state index in [1.54, 1.807) is 0 Å². The molecular weight excluding hydrogens is 180 g/mol. The van der Waals surface area contributed by atoms with Crippen molar-refractivity contribution in [2.24, 2.45) is 0 Å². The molecule has 0 bridgehead atoms. The minimum atomic E-state index is -1.34. The van der Waals surface area contributed by atoms with Crippen LogP contribution in [-0.2, 0) is 0 Å². The lowest BCUT2D eigenvalue weighted by Gasteiger charge is -2.02. The number of nitrogens with zero attached hydrogens (tertiary/aromatic N) is 3. The summed E-state index contributed by atoms with van der Waals surface area (Å²) in [6, 6.07) is 0.